The van der Waals surface area contributed by atoms with Crippen molar-refractivity contribution in [2.75, 3.05) is 6.54 Å². The smallest absolute Gasteiger partial charge is 0.408 e. The number of alkyl carbamates (subject to hydrolysis) is 1. The maximum absolute atomic E-state index is 15.1. The summed E-state index contributed by atoms with van der Waals surface area (Å²) in [6, 6.07) is 10.5. The summed E-state index contributed by atoms with van der Waals surface area (Å²) in [7, 11) is 0. The molecule has 3 heterocycles. The van der Waals surface area contributed by atoms with E-state index in [0.29, 0.717) is 37.0 Å². The van der Waals surface area contributed by atoms with Gasteiger partial charge in [0.05, 0.1) is 16.8 Å². The molecule has 5 rings (SSSR count). The molecule has 1 aliphatic heterocycles. The average Bonchev–Trinajstić information content (AvgIpc) is 3.69. The summed E-state index contributed by atoms with van der Waals surface area (Å²) in [6.45, 7) is 9.01. The van der Waals surface area contributed by atoms with Crippen LogP contribution in [-0.4, -0.2) is 44.2 Å². The first-order valence-electron chi connectivity index (χ1n) is 13.9. The van der Waals surface area contributed by atoms with E-state index in [9.17, 15) is 9.59 Å². The van der Waals surface area contributed by atoms with Crippen LogP contribution in [0.25, 0.3) is 11.5 Å². The molecule has 226 valence electrons. The van der Waals surface area contributed by atoms with Crippen LogP contribution in [0.1, 0.15) is 80.0 Å². The average molecular weight is 594 g/mol. The van der Waals surface area contributed by atoms with Gasteiger partial charge in [-0.1, -0.05) is 30.3 Å². The van der Waals surface area contributed by atoms with E-state index in [1.165, 1.54) is 11.2 Å². The molecule has 1 N–H and O–H groups in total. The lowest BCUT2D eigenvalue weighted by Crippen LogP contribution is -2.47. The summed E-state index contributed by atoms with van der Waals surface area (Å²) in [5, 5.41) is 10.9. The number of hydrogen-bond acceptors (Lipinski definition) is 8. The number of carbonyl (C=O) groups is 2. The number of likely N-dealkylation sites (tertiary alicyclic amines) is 1. The number of amides is 2. The summed E-state index contributed by atoms with van der Waals surface area (Å²) in [5.41, 5.74) is -1.13. The maximum Gasteiger partial charge on any atom is 0.408 e. The summed E-state index contributed by atoms with van der Waals surface area (Å²) < 4.78 is 47.1. The highest BCUT2D eigenvalue weighted by Gasteiger charge is 2.38. The van der Waals surface area contributed by atoms with Crippen LogP contribution in [0.5, 0.6) is 0 Å². The fourth-order valence-corrected chi connectivity index (χ4v) is 5.08. The number of carbonyl (C=O) groups excluding carboxylic acids is 2. The Hall–Kier alpha value is -4.61. The van der Waals surface area contributed by atoms with Crippen molar-refractivity contribution in [1.29, 1.82) is 0 Å². The summed E-state index contributed by atoms with van der Waals surface area (Å²) in [5.74, 6) is -2.61. The lowest BCUT2D eigenvalue weighted by molar-refractivity contribution is 0.0443. The Morgan fingerprint density at radius 2 is 1.84 bits per heavy atom. The van der Waals surface area contributed by atoms with Crippen LogP contribution in [0.3, 0.4) is 0 Å². The van der Waals surface area contributed by atoms with Gasteiger partial charge in [-0.25, -0.2) is 18.6 Å². The van der Waals surface area contributed by atoms with Gasteiger partial charge >= 0.3 is 6.09 Å². The van der Waals surface area contributed by atoms with E-state index in [2.05, 4.69) is 20.5 Å². The van der Waals surface area contributed by atoms with E-state index in [4.69, 9.17) is 13.6 Å². The highest BCUT2D eigenvalue weighted by Crippen LogP contribution is 2.35. The lowest BCUT2D eigenvalue weighted by Gasteiger charge is -2.29. The van der Waals surface area contributed by atoms with Crippen LogP contribution in [0.4, 0.5) is 13.6 Å². The minimum Gasteiger partial charge on any atom is -0.446 e. The van der Waals surface area contributed by atoms with Crippen LogP contribution in [-0.2, 0) is 16.7 Å². The number of halogens is 2. The van der Waals surface area contributed by atoms with Crippen LogP contribution >= 0.6 is 0 Å². The third-order valence-electron chi connectivity index (χ3n) is 7.03. The van der Waals surface area contributed by atoms with Crippen molar-refractivity contribution >= 4 is 12.0 Å². The number of nitrogens with one attached hydrogen (secondary N) is 1. The zero-order chi connectivity index (χ0) is 30.9. The molecule has 0 unspecified atom stereocenters. The van der Waals surface area contributed by atoms with Gasteiger partial charge in [0.15, 0.2) is 0 Å². The second kappa shape index (κ2) is 11.6. The Morgan fingerprint density at radius 1 is 1.09 bits per heavy atom. The fourth-order valence-electron chi connectivity index (χ4n) is 5.08. The first-order valence-corrected chi connectivity index (χ1v) is 13.9. The van der Waals surface area contributed by atoms with Crippen LogP contribution < -0.4 is 5.32 Å². The predicted molar refractivity (Wildman–Crippen MR) is 151 cm³/mol. The summed E-state index contributed by atoms with van der Waals surface area (Å²) >= 11 is 0. The van der Waals surface area contributed by atoms with Crippen LogP contribution in [0.2, 0.25) is 0 Å². The van der Waals surface area contributed by atoms with Crippen molar-refractivity contribution in [3.05, 3.63) is 89.0 Å². The zero-order valence-corrected chi connectivity index (χ0v) is 24.6. The van der Waals surface area contributed by atoms with E-state index >= 15 is 8.78 Å². The molecule has 12 heteroatoms. The Bertz CT molecular complexity index is 1630. The SMILES string of the molecule is Cc1coc([C@H]2CCCN2C(=O)c2cc(-c3nnc([C@@](C)(Cc4ccccc4)NC(=O)OC(C)(C)C)o3)c(F)cc2F)n1. The van der Waals surface area contributed by atoms with E-state index in [1.54, 1.807) is 34.6 Å². The Morgan fingerprint density at radius 3 is 2.51 bits per heavy atom. The third-order valence-corrected chi connectivity index (χ3v) is 7.03. The van der Waals surface area contributed by atoms with Gasteiger partial charge in [0.25, 0.3) is 11.8 Å². The van der Waals surface area contributed by atoms with Gasteiger partial charge in [0, 0.05) is 19.0 Å². The first-order chi connectivity index (χ1) is 20.3. The number of benzene rings is 2. The number of aryl methyl sites for hydroxylation is 1. The van der Waals surface area contributed by atoms with Crippen molar-refractivity contribution in [1.82, 2.24) is 25.4 Å². The molecule has 0 saturated carbocycles. The number of rotatable bonds is 7. The number of hydrogen-bond donors (Lipinski definition) is 1. The number of aromatic nitrogens is 3. The molecule has 10 nitrogen and oxygen atoms in total. The molecule has 1 fully saturated rings. The van der Waals surface area contributed by atoms with Gasteiger partial charge < -0.3 is 23.8 Å². The molecule has 1 saturated heterocycles. The van der Waals surface area contributed by atoms with Gasteiger partial charge in [-0.15, -0.1) is 10.2 Å². The predicted octanol–water partition coefficient (Wildman–Crippen LogP) is 6.27. The molecule has 0 spiro atoms. The maximum atomic E-state index is 15.1. The molecule has 43 heavy (non-hydrogen) atoms. The van der Waals surface area contributed by atoms with Crippen molar-refractivity contribution in [2.45, 2.75) is 71.1 Å². The van der Waals surface area contributed by atoms with Gasteiger partial charge in [0.2, 0.25) is 11.8 Å². The molecular formula is C31H33F2N5O5. The zero-order valence-electron chi connectivity index (χ0n) is 24.6. The van der Waals surface area contributed by atoms with Crippen molar-refractivity contribution in [2.24, 2.45) is 0 Å². The Labute approximate surface area is 247 Å². The van der Waals surface area contributed by atoms with Gasteiger partial charge in [0.1, 0.15) is 35.1 Å². The molecule has 2 aromatic heterocycles. The van der Waals surface area contributed by atoms with Crippen LogP contribution in [0.15, 0.2) is 57.6 Å². The third kappa shape index (κ3) is 6.58. The monoisotopic (exact) mass is 593 g/mol. The quantitative estimate of drug-likeness (QED) is 0.266. The number of oxazole rings is 1. The normalized spacial score (nSPS) is 16.6. The molecule has 4 aromatic rings. The Balaban J connectivity index is 1.47. The van der Waals surface area contributed by atoms with E-state index in [0.717, 1.165) is 11.6 Å². The number of ether oxygens (including phenoxy) is 1. The van der Waals surface area contributed by atoms with Gasteiger partial charge in [-0.05, 0) is 59.1 Å². The Kier molecular flexibility index (Phi) is 8.04. The molecular weight excluding hydrogens is 560 g/mol. The second-order valence-electron chi connectivity index (χ2n) is 11.8. The first kappa shape index (κ1) is 29.9. The molecule has 0 bridgehead atoms. The highest BCUT2D eigenvalue weighted by molar-refractivity contribution is 5.96. The largest absolute Gasteiger partial charge is 0.446 e. The fraction of sp³-hybridized carbons (Fsp3) is 0.387. The molecule has 2 atom stereocenters. The molecule has 2 amide bonds. The minimum absolute atomic E-state index is 0.0346. The van der Waals surface area contributed by atoms with E-state index in [1.807, 2.05) is 30.3 Å². The van der Waals surface area contributed by atoms with Gasteiger partial charge in [-0.2, -0.15) is 0 Å². The summed E-state index contributed by atoms with van der Waals surface area (Å²) in [6.07, 6.45) is 2.28. The molecule has 0 aliphatic carbocycles. The minimum atomic E-state index is -1.26. The van der Waals surface area contributed by atoms with E-state index in [-0.39, 0.29) is 29.3 Å². The van der Waals surface area contributed by atoms with Crippen molar-refractivity contribution in [3.63, 3.8) is 0 Å². The van der Waals surface area contributed by atoms with E-state index < -0.39 is 40.8 Å². The second-order valence-corrected chi connectivity index (χ2v) is 11.8. The summed E-state index contributed by atoms with van der Waals surface area (Å²) in [4.78, 5) is 32.1. The topological polar surface area (TPSA) is 124 Å². The standard InChI is InChI=1S/C31H33F2N5O5/c1-18-17-41-26(34-18)24-12-9-13-38(24)27(39)21-14-20(22(32)15-23(21)33)25-36-37-28(42-25)31(5,16-19-10-7-6-8-11-19)35-29(40)43-30(2,3)4/h6-8,10-11,14-15,17,24H,9,12-13,16H2,1-5H3,(H,35,40)/t24-,31-/m1/s1. The van der Waals surface area contributed by atoms with Gasteiger partial charge in [-0.3, -0.25) is 4.79 Å². The van der Waals surface area contributed by atoms with Crippen molar-refractivity contribution < 1.29 is 31.9 Å². The highest BCUT2D eigenvalue weighted by atomic mass is 19.1. The van der Waals surface area contributed by atoms with Crippen molar-refractivity contribution in [3.8, 4) is 11.5 Å². The molecule has 2 aromatic carbocycles. The molecule has 0 radical (unpaired) electrons. The molecule has 1 aliphatic rings. The lowest BCUT2D eigenvalue weighted by atomic mass is 9.92. The van der Waals surface area contributed by atoms with Crippen LogP contribution in [0, 0.1) is 18.6 Å². The number of nitrogens with zero attached hydrogens (tertiary/aromatic N) is 4.